The number of nitrogens with zero attached hydrogens (tertiary/aromatic N) is 3. The van der Waals surface area contributed by atoms with Crippen LogP contribution in [-0.4, -0.2) is 25.3 Å². The second-order valence-corrected chi connectivity index (χ2v) is 7.54. The molecule has 2 N–H and O–H groups in total. The first-order chi connectivity index (χ1) is 12.1. The summed E-state index contributed by atoms with van der Waals surface area (Å²) in [4.78, 5) is 1.41. The summed E-state index contributed by atoms with van der Waals surface area (Å²) >= 11 is 1.53. The number of thiophene rings is 1. The third kappa shape index (κ3) is 2.57. The van der Waals surface area contributed by atoms with E-state index in [-0.39, 0.29) is 17.5 Å². The maximum atomic E-state index is 9.91. The smallest absolute Gasteiger partial charge is 0.190 e. The zero-order valence-corrected chi connectivity index (χ0v) is 14.9. The van der Waals surface area contributed by atoms with Crippen molar-refractivity contribution in [1.29, 1.82) is 21.2 Å². The molecule has 4 atom stereocenters. The molecule has 6 heteroatoms. The Balaban J connectivity index is 2.18. The molecule has 1 aliphatic carbocycles. The van der Waals surface area contributed by atoms with E-state index in [1.165, 1.54) is 16.2 Å². The average Bonchev–Trinajstić information content (AvgIpc) is 3.15. The largest absolute Gasteiger partial charge is 0.331 e. The van der Waals surface area contributed by atoms with Crippen molar-refractivity contribution >= 4 is 17.0 Å². The number of hydrogen-bond acceptors (Lipinski definition) is 5. The quantitative estimate of drug-likeness (QED) is 0.814. The van der Waals surface area contributed by atoms with Crippen molar-refractivity contribution < 1.29 is 4.90 Å². The maximum Gasteiger partial charge on any atom is 0.190 e. The van der Waals surface area contributed by atoms with E-state index in [1.54, 1.807) is 0 Å². The van der Waals surface area contributed by atoms with Gasteiger partial charge in [0.1, 0.15) is 5.92 Å². The molecule has 1 aromatic heterocycles. The highest BCUT2D eigenvalue weighted by atomic mass is 32.1. The summed E-state index contributed by atoms with van der Waals surface area (Å²) in [6.45, 7) is 4.81. The lowest BCUT2D eigenvalue weighted by atomic mass is 9.54. The van der Waals surface area contributed by atoms with Crippen molar-refractivity contribution in [1.82, 2.24) is 0 Å². The minimum absolute atomic E-state index is 0.0528. The summed E-state index contributed by atoms with van der Waals surface area (Å²) in [5.41, 5.74) is 0.239. The van der Waals surface area contributed by atoms with E-state index in [4.69, 9.17) is 5.41 Å². The van der Waals surface area contributed by atoms with Crippen molar-refractivity contribution in [3.63, 3.8) is 0 Å². The van der Waals surface area contributed by atoms with Gasteiger partial charge < -0.3 is 10.3 Å². The number of rotatable bonds is 3. The van der Waals surface area contributed by atoms with Gasteiger partial charge in [-0.2, -0.15) is 27.1 Å². The summed E-state index contributed by atoms with van der Waals surface area (Å²) in [5.74, 6) is -1.20. The lowest BCUT2D eigenvalue weighted by Gasteiger charge is -2.46. The van der Waals surface area contributed by atoms with Gasteiger partial charge in [-0.25, -0.2) is 0 Å². The van der Waals surface area contributed by atoms with E-state index in [2.05, 4.69) is 31.2 Å². The lowest BCUT2D eigenvalue weighted by Crippen LogP contribution is -3.13. The Morgan fingerprint density at radius 1 is 1.36 bits per heavy atom. The molecule has 2 unspecified atom stereocenters. The minimum atomic E-state index is -1.57. The van der Waals surface area contributed by atoms with Gasteiger partial charge in [0.25, 0.3) is 0 Å². The first kappa shape index (κ1) is 17.4. The second kappa shape index (κ2) is 6.81. The molecule has 0 spiro atoms. The fraction of sp³-hybridized carbons (Fsp3) is 0.474. The van der Waals surface area contributed by atoms with Gasteiger partial charge in [-0.3, -0.25) is 0 Å². The molecule has 1 aromatic rings. The molecule has 2 heterocycles. The first-order valence-corrected chi connectivity index (χ1v) is 9.43. The Kier molecular flexibility index (Phi) is 4.73. The summed E-state index contributed by atoms with van der Waals surface area (Å²) in [6, 6.07) is 8.40. The molecule has 0 amide bonds. The molecule has 0 radical (unpaired) electrons. The van der Waals surface area contributed by atoms with Gasteiger partial charge in [0.2, 0.25) is 0 Å². The molecule has 1 aliphatic heterocycles. The highest BCUT2D eigenvalue weighted by molar-refractivity contribution is 7.08. The third-order valence-corrected chi connectivity index (χ3v) is 6.17. The van der Waals surface area contributed by atoms with E-state index in [9.17, 15) is 15.8 Å². The molecule has 3 rings (SSSR count). The molecule has 126 valence electrons. The number of fused-ring (bicyclic) bond motifs is 1. The number of hydrogen-bond donors (Lipinski definition) is 2. The monoisotopic (exact) mass is 350 g/mol. The van der Waals surface area contributed by atoms with Gasteiger partial charge in [0.15, 0.2) is 5.41 Å². The minimum Gasteiger partial charge on any atom is -0.331 e. The topological polar surface area (TPSA) is 99.7 Å². The van der Waals surface area contributed by atoms with Crippen molar-refractivity contribution in [3.05, 3.63) is 34.0 Å². The lowest BCUT2D eigenvalue weighted by molar-refractivity contribution is -0.899. The number of nitriles is 3. The Morgan fingerprint density at radius 2 is 2.12 bits per heavy atom. The van der Waals surface area contributed by atoms with E-state index in [0.717, 1.165) is 37.2 Å². The molecule has 0 saturated heterocycles. The van der Waals surface area contributed by atoms with Gasteiger partial charge in [0, 0.05) is 11.8 Å². The van der Waals surface area contributed by atoms with Crippen molar-refractivity contribution in [2.24, 2.45) is 17.3 Å². The van der Waals surface area contributed by atoms with E-state index in [0.29, 0.717) is 0 Å². The fourth-order valence-corrected chi connectivity index (χ4v) is 5.04. The summed E-state index contributed by atoms with van der Waals surface area (Å²) in [7, 11) is 0. The van der Waals surface area contributed by atoms with Crippen molar-refractivity contribution in [3.8, 4) is 18.2 Å². The molecular formula is C19H20N5S+. The second-order valence-electron chi connectivity index (χ2n) is 6.76. The van der Waals surface area contributed by atoms with Crippen LogP contribution >= 0.6 is 11.3 Å². The van der Waals surface area contributed by atoms with Gasteiger partial charge in [-0.05, 0) is 40.5 Å². The zero-order chi connectivity index (χ0) is 18.0. The maximum absolute atomic E-state index is 9.91. The predicted molar refractivity (Wildman–Crippen MR) is 95.0 cm³/mol. The van der Waals surface area contributed by atoms with Gasteiger partial charge >= 0.3 is 0 Å². The first-order valence-electron chi connectivity index (χ1n) is 8.49. The summed E-state index contributed by atoms with van der Waals surface area (Å²) in [6.07, 6.45) is 3.15. The van der Waals surface area contributed by atoms with Crippen LogP contribution in [0.3, 0.4) is 0 Å². The predicted octanol–water partition coefficient (Wildman–Crippen LogP) is 1.89. The van der Waals surface area contributed by atoms with Gasteiger partial charge in [-0.15, -0.1) is 0 Å². The molecule has 5 nitrogen and oxygen atoms in total. The number of quaternary nitrogens is 1. The van der Waals surface area contributed by atoms with Crippen LogP contribution in [0, 0.1) is 56.7 Å². The average molecular weight is 350 g/mol. The van der Waals surface area contributed by atoms with Crippen molar-refractivity contribution in [2.75, 3.05) is 19.6 Å². The Hall–Kier alpha value is -2.46. The zero-order valence-electron chi connectivity index (χ0n) is 14.1. The highest BCUT2D eigenvalue weighted by Gasteiger charge is 2.58. The number of nitrogens with one attached hydrogen (secondary N) is 2. The van der Waals surface area contributed by atoms with Gasteiger partial charge in [-0.1, -0.05) is 6.92 Å². The Morgan fingerprint density at radius 3 is 2.68 bits per heavy atom. The van der Waals surface area contributed by atoms with Gasteiger partial charge in [0.05, 0.1) is 43.6 Å². The molecule has 0 aromatic carbocycles. The fourth-order valence-electron chi connectivity index (χ4n) is 4.35. The van der Waals surface area contributed by atoms with Crippen LogP contribution in [0.25, 0.3) is 0 Å². The third-order valence-electron chi connectivity index (χ3n) is 5.47. The molecule has 25 heavy (non-hydrogen) atoms. The molecule has 1 fully saturated rings. The molecular weight excluding hydrogens is 330 g/mol. The van der Waals surface area contributed by atoms with E-state index < -0.39 is 11.3 Å². The normalized spacial score (nSPS) is 30.3. The van der Waals surface area contributed by atoms with Crippen LogP contribution in [0.15, 0.2) is 28.5 Å². The van der Waals surface area contributed by atoms with Crippen LogP contribution in [-0.2, 0) is 0 Å². The molecule has 1 saturated carbocycles. The summed E-state index contributed by atoms with van der Waals surface area (Å²) < 4.78 is 0. The van der Waals surface area contributed by atoms with Crippen LogP contribution in [0.5, 0.6) is 0 Å². The van der Waals surface area contributed by atoms with E-state index in [1.807, 2.05) is 16.8 Å². The van der Waals surface area contributed by atoms with Crippen LogP contribution in [0.1, 0.15) is 24.8 Å². The Labute approximate surface area is 151 Å². The molecule has 0 bridgehead atoms. The van der Waals surface area contributed by atoms with Crippen molar-refractivity contribution in [2.45, 2.75) is 19.3 Å². The SMILES string of the molecule is CCC[NH+]1CC=C2C(C#N)C(=N)C(C#N)(C#N)[C@H](c3ccsc3)[C@@H]2C1. The van der Waals surface area contributed by atoms with Crippen LogP contribution < -0.4 is 4.90 Å². The Bertz CT molecular complexity index is 803. The highest BCUT2D eigenvalue weighted by Crippen LogP contribution is 2.52. The van der Waals surface area contributed by atoms with Crippen LogP contribution in [0.2, 0.25) is 0 Å². The standard InChI is InChI=1S/C19H19N5S/c1-2-5-24-6-3-14-15(8-20)18(23)19(11-21,12-22)17(16(14)9-24)13-4-7-25-10-13/h3-4,7,10,15-17,23H,2,5-6,9H2,1H3/p+1/t15?,16-,17-/m1/s1. The summed E-state index contributed by atoms with van der Waals surface area (Å²) in [5, 5.41) is 41.9. The molecule has 2 aliphatic rings. The van der Waals surface area contributed by atoms with E-state index >= 15 is 0 Å². The van der Waals surface area contributed by atoms with Crippen LogP contribution in [0.4, 0.5) is 0 Å².